The van der Waals surface area contributed by atoms with Gasteiger partial charge in [0.25, 0.3) is 0 Å². The van der Waals surface area contributed by atoms with Gasteiger partial charge in [0.05, 0.1) is 17.7 Å². The van der Waals surface area contributed by atoms with Gasteiger partial charge in [-0.2, -0.15) is 4.31 Å². The van der Waals surface area contributed by atoms with Crippen LogP contribution in [0.25, 0.3) is 11.3 Å². The fraction of sp³-hybridized carbons (Fsp3) is 0.304. The van der Waals surface area contributed by atoms with Crippen molar-refractivity contribution in [2.24, 2.45) is 0 Å². The van der Waals surface area contributed by atoms with Crippen molar-refractivity contribution >= 4 is 15.8 Å². The first-order valence-electron chi connectivity index (χ1n) is 10.2. The summed E-state index contributed by atoms with van der Waals surface area (Å²) < 4.78 is 33.1. The van der Waals surface area contributed by atoms with Crippen molar-refractivity contribution in [2.45, 2.75) is 18.7 Å². The second-order valence-corrected chi connectivity index (χ2v) is 9.56. The number of rotatable bonds is 5. The molecule has 162 valence electrons. The van der Waals surface area contributed by atoms with E-state index < -0.39 is 10.0 Å². The molecule has 31 heavy (non-hydrogen) atoms. The van der Waals surface area contributed by atoms with Gasteiger partial charge in [0.2, 0.25) is 10.0 Å². The van der Waals surface area contributed by atoms with Crippen LogP contribution >= 0.6 is 0 Å². The summed E-state index contributed by atoms with van der Waals surface area (Å²) in [7, 11) is -1.88. The van der Waals surface area contributed by atoms with E-state index >= 15 is 0 Å². The molecule has 1 fully saturated rings. The zero-order valence-electron chi connectivity index (χ0n) is 17.9. The van der Waals surface area contributed by atoms with Crippen molar-refractivity contribution in [3.63, 3.8) is 0 Å². The maximum Gasteiger partial charge on any atom is 0.243 e. The zero-order chi connectivity index (χ0) is 22.0. The van der Waals surface area contributed by atoms with Crippen molar-refractivity contribution in [2.75, 3.05) is 38.2 Å². The molecule has 0 bridgehead atoms. The van der Waals surface area contributed by atoms with E-state index in [1.165, 1.54) is 0 Å². The summed E-state index contributed by atoms with van der Waals surface area (Å²) in [6, 6.07) is 15.2. The summed E-state index contributed by atoms with van der Waals surface area (Å²) in [5, 5.41) is 0. The van der Waals surface area contributed by atoms with E-state index in [4.69, 9.17) is 4.74 Å². The molecule has 1 aliphatic heterocycles. The fourth-order valence-corrected chi connectivity index (χ4v) is 5.45. The van der Waals surface area contributed by atoms with Crippen LogP contribution in [0.4, 0.5) is 5.82 Å². The predicted octanol–water partition coefficient (Wildman–Crippen LogP) is 3.28. The molecule has 0 aliphatic carbocycles. The van der Waals surface area contributed by atoms with Crippen LogP contribution in [0, 0.1) is 13.8 Å². The topological polar surface area (TPSA) is 75.6 Å². The van der Waals surface area contributed by atoms with E-state index in [9.17, 15) is 8.42 Å². The average molecular weight is 439 g/mol. The Labute approximate surface area is 183 Å². The average Bonchev–Trinajstić information content (AvgIpc) is 2.81. The van der Waals surface area contributed by atoms with Gasteiger partial charge in [-0.15, -0.1) is 0 Å². The van der Waals surface area contributed by atoms with Gasteiger partial charge in [-0.05, 0) is 55.3 Å². The number of ether oxygens (including phenoxy) is 1. The third kappa shape index (κ3) is 4.40. The lowest BCUT2D eigenvalue weighted by Crippen LogP contribution is -2.49. The molecule has 0 amide bonds. The molecule has 8 heteroatoms. The molecule has 1 aromatic heterocycles. The minimum Gasteiger partial charge on any atom is -0.497 e. The largest absolute Gasteiger partial charge is 0.497 e. The maximum absolute atomic E-state index is 13.2. The monoisotopic (exact) mass is 438 g/mol. The maximum atomic E-state index is 13.2. The van der Waals surface area contributed by atoms with Crippen molar-refractivity contribution < 1.29 is 13.2 Å². The van der Waals surface area contributed by atoms with Crippen LogP contribution in [0.5, 0.6) is 5.75 Å². The van der Waals surface area contributed by atoms with Gasteiger partial charge >= 0.3 is 0 Å². The highest BCUT2D eigenvalue weighted by Crippen LogP contribution is 2.26. The summed E-state index contributed by atoms with van der Waals surface area (Å²) in [6.45, 7) is 5.72. The van der Waals surface area contributed by atoms with Crippen molar-refractivity contribution in [3.8, 4) is 17.0 Å². The Morgan fingerprint density at radius 2 is 1.61 bits per heavy atom. The molecule has 7 nitrogen and oxygen atoms in total. The molecule has 0 atom stereocenters. The first-order chi connectivity index (χ1) is 14.9. The first kappa shape index (κ1) is 21.3. The van der Waals surface area contributed by atoms with Gasteiger partial charge in [-0.25, -0.2) is 18.4 Å². The third-order valence-corrected chi connectivity index (χ3v) is 7.60. The Balaban J connectivity index is 1.49. The van der Waals surface area contributed by atoms with Crippen LogP contribution < -0.4 is 9.64 Å². The molecule has 1 saturated heterocycles. The Bertz CT molecular complexity index is 1170. The van der Waals surface area contributed by atoms with Gasteiger partial charge in [0.1, 0.15) is 17.9 Å². The second kappa shape index (κ2) is 8.64. The highest BCUT2D eigenvalue weighted by Gasteiger charge is 2.30. The molecule has 0 N–H and O–H groups in total. The number of sulfonamides is 1. The van der Waals surface area contributed by atoms with Crippen LogP contribution in [0.15, 0.2) is 59.8 Å². The minimum atomic E-state index is -3.52. The summed E-state index contributed by atoms with van der Waals surface area (Å²) >= 11 is 0. The molecule has 0 spiro atoms. The molecule has 3 aromatic rings. The molecule has 0 unspecified atom stereocenters. The number of aryl methyl sites for hydroxylation is 2. The standard InChI is InChI=1S/C23H26N4O3S/c1-17-4-5-18(2)22(14-17)31(28,29)27-12-10-26(11-13-27)23-15-21(24-16-25-23)19-6-8-20(30-3)9-7-19/h4-9,14-16H,10-13H2,1-3H3. The van der Waals surface area contributed by atoms with Gasteiger partial charge in [-0.3, -0.25) is 0 Å². The van der Waals surface area contributed by atoms with E-state index in [2.05, 4.69) is 14.9 Å². The van der Waals surface area contributed by atoms with Crippen molar-refractivity contribution in [1.82, 2.24) is 14.3 Å². The molecule has 4 rings (SSSR count). The third-order valence-electron chi connectivity index (χ3n) is 5.56. The first-order valence-corrected chi connectivity index (χ1v) is 11.6. The lowest BCUT2D eigenvalue weighted by atomic mass is 10.1. The number of anilines is 1. The highest BCUT2D eigenvalue weighted by molar-refractivity contribution is 7.89. The van der Waals surface area contributed by atoms with Crippen LogP contribution in [0.1, 0.15) is 11.1 Å². The van der Waals surface area contributed by atoms with Crippen LogP contribution in [0.3, 0.4) is 0 Å². The van der Waals surface area contributed by atoms with Crippen LogP contribution in [-0.4, -0.2) is 56.0 Å². The number of methoxy groups -OCH3 is 1. The summed E-state index contributed by atoms with van der Waals surface area (Å²) in [4.78, 5) is 11.3. The predicted molar refractivity (Wildman–Crippen MR) is 121 cm³/mol. The normalized spacial score (nSPS) is 15.1. The van der Waals surface area contributed by atoms with Crippen LogP contribution in [-0.2, 0) is 10.0 Å². The minimum absolute atomic E-state index is 0.393. The number of hydrogen-bond donors (Lipinski definition) is 0. The molecular formula is C23H26N4O3S. The summed E-state index contributed by atoms with van der Waals surface area (Å²) in [6.07, 6.45) is 1.55. The van der Waals surface area contributed by atoms with Crippen molar-refractivity contribution in [3.05, 3.63) is 66.0 Å². The van der Waals surface area contributed by atoms with Gasteiger partial charge < -0.3 is 9.64 Å². The molecular weight excluding hydrogens is 412 g/mol. The highest BCUT2D eigenvalue weighted by atomic mass is 32.2. The van der Waals surface area contributed by atoms with Gasteiger partial charge in [0.15, 0.2) is 0 Å². The number of nitrogens with zero attached hydrogens (tertiary/aromatic N) is 4. The SMILES string of the molecule is COc1ccc(-c2cc(N3CCN(S(=O)(=O)c4cc(C)ccc4C)CC3)ncn2)cc1. The van der Waals surface area contributed by atoms with Gasteiger partial charge in [-0.1, -0.05) is 12.1 Å². The lowest BCUT2D eigenvalue weighted by Gasteiger charge is -2.35. The molecule has 1 aliphatic rings. The molecule has 0 radical (unpaired) electrons. The Hall–Kier alpha value is -2.97. The molecule has 2 heterocycles. The smallest absolute Gasteiger partial charge is 0.243 e. The Morgan fingerprint density at radius 1 is 0.903 bits per heavy atom. The van der Waals surface area contributed by atoms with Gasteiger partial charge in [0, 0.05) is 37.8 Å². The Morgan fingerprint density at radius 3 is 2.29 bits per heavy atom. The number of aromatic nitrogens is 2. The lowest BCUT2D eigenvalue weighted by molar-refractivity contribution is 0.383. The summed E-state index contributed by atoms with van der Waals surface area (Å²) in [5.74, 6) is 1.59. The van der Waals surface area contributed by atoms with E-state index in [-0.39, 0.29) is 0 Å². The van der Waals surface area contributed by atoms with Crippen LogP contribution in [0.2, 0.25) is 0 Å². The van der Waals surface area contributed by atoms with E-state index in [1.807, 2.05) is 56.3 Å². The number of benzene rings is 2. The number of hydrogen-bond acceptors (Lipinski definition) is 6. The van der Waals surface area contributed by atoms with E-state index in [0.29, 0.717) is 31.1 Å². The zero-order valence-corrected chi connectivity index (χ0v) is 18.8. The fourth-order valence-electron chi connectivity index (χ4n) is 3.72. The Kier molecular flexibility index (Phi) is 5.93. The van der Waals surface area contributed by atoms with E-state index in [1.54, 1.807) is 23.8 Å². The molecule has 2 aromatic carbocycles. The van der Waals surface area contributed by atoms with E-state index in [0.717, 1.165) is 34.0 Å². The van der Waals surface area contributed by atoms with Crippen molar-refractivity contribution in [1.29, 1.82) is 0 Å². The summed E-state index contributed by atoms with van der Waals surface area (Å²) in [5.41, 5.74) is 3.50. The second-order valence-electron chi connectivity index (χ2n) is 7.65. The molecule has 0 saturated carbocycles. The number of piperazine rings is 1. The quantitative estimate of drug-likeness (QED) is 0.609.